The molecule has 0 aliphatic carbocycles. The lowest BCUT2D eigenvalue weighted by Crippen LogP contribution is -2.49. The van der Waals surface area contributed by atoms with Gasteiger partial charge in [0, 0.05) is 38.3 Å². The van der Waals surface area contributed by atoms with Crippen LogP contribution in [0.25, 0.3) is 5.82 Å². The highest BCUT2D eigenvalue weighted by Crippen LogP contribution is 2.18. The zero-order chi connectivity index (χ0) is 21.1. The summed E-state index contributed by atoms with van der Waals surface area (Å²) < 4.78 is 1.84. The average Bonchev–Trinajstić information content (AvgIpc) is 3.05. The fraction of sp³-hybridized carbons (Fsp3) is 0.391. The first-order chi connectivity index (χ1) is 14.5. The van der Waals surface area contributed by atoms with Gasteiger partial charge < -0.3 is 9.80 Å². The zero-order valence-corrected chi connectivity index (χ0v) is 17.9. The number of benzene rings is 1. The first-order valence-electron chi connectivity index (χ1n) is 10.5. The topological polar surface area (TPSA) is 67.2 Å². The van der Waals surface area contributed by atoms with E-state index in [-0.39, 0.29) is 5.91 Å². The van der Waals surface area contributed by atoms with Crippen LogP contribution in [0.2, 0.25) is 0 Å². The van der Waals surface area contributed by atoms with E-state index < -0.39 is 0 Å². The van der Waals surface area contributed by atoms with Crippen LogP contribution in [0, 0.1) is 20.8 Å². The fourth-order valence-electron chi connectivity index (χ4n) is 3.78. The third-order valence-electron chi connectivity index (χ3n) is 5.93. The summed E-state index contributed by atoms with van der Waals surface area (Å²) in [7, 11) is 0. The molecular weight excluding hydrogens is 376 g/mol. The van der Waals surface area contributed by atoms with Gasteiger partial charge in [0.15, 0.2) is 11.6 Å². The molecule has 4 rings (SSSR count). The number of rotatable bonds is 5. The molecule has 3 heterocycles. The quantitative estimate of drug-likeness (QED) is 0.654. The van der Waals surface area contributed by atoms with Gasteiger partial charge in [0.2, 0.25) is 5.91 Å². The van der Waals surface area contributed by atoms with Crippen LogP contribution in [0.3, 0.4) is 0 Å². The van der Waals surface area contributed by atoms with Crippen molar-refractivity contribution in [3.05, 3.63) is 65.0 Å². The van der Waals surface area contributed by atoms with Crippen molar-refractivity contribution < 1.29 is 4.79 Å². The van der Waals surface area contributed by atoms with Crippen LogP contribution < -0.4 is 4.90 Å². The summed E-state index contributed by atoms with van der Waals surface area (Å²) in [5, 5.41) is 13.3. The highest BCUT2D eigenvalue weighted by molar-refractivity contribution is 5.76. The molecule has 1 aliphatic heterocycles. The number of aryl methyl sites for hydroxylation is 2. The van der Waals surface area contributed by atoms with Gasteiger partial charge in [0.1, 0.15) is 0 Å². The predicted molar refractivity (Wildman–Crippen MR) is 117 cm³/mol. The molecule has 0 spiro atoms. The Kier molecular flexibility index (Phi) is 5.79. The molecule has 3 aromatic rings. The van der Waals surface area contributed by atoms with Gasteiger partial charge in [-0.2, -0.15) is 5.10 Å². The molecule has 156 valence electrons. The molecule has 1 aromatic carbocycles. The molecule has 0 unspecified atom stereocenters. The standard InChI is InChI=1S/C23H28N6O/c1-17-18(2)26-29(19(17)3)22-11-10-21(24-25-22)27-13-15-28(16-14-27)23(30)12-9-20-7-5-4-6-8-20/h4-8,10-11H,9,12-16H2,1-3H3. The largest absolute Gasteiger partial charge is 0.352 e. The lowest BCUT2D eigenvalue weighted by atomic mass is 10.1. The summed E-state index contributed by atoms with van der Waals surface area (Å²) in [6.07, 6.45) is 1.35. The summed E-state index contributed by atoms with van der Waals surface area (Å²) in [5.74, 6) is 1.79. The summed E-state index contributed by atoms with van der Waals surface area (Å²) in [5.41, 5.74) is 4.47. The number of hydrogen-bond donors (Lipinski definition) is 0. The van der Waals surface area contributed by atoms with Gasteiger partial charge in [0.25, 0.3) is 0 Å². The van der Waals surface area contributed by atoms with E-state index in [9.17, 15) is 4.79 Å². The molecular formula is C23H28N6O. The van der Waals surface area contributed by atoms with Crippen molar-refractivity contribution >= 4 is 11.7 Å². The van der Waals surface area contributed by atoms with Gasteiger partial charge in [0.05, 0.1) is 5.69 Å². The maximum atomic E-state index is 12.5. The van der Waals surface area contributed by atoms with Crippen molar-refractivity contribution in [1.82, 2.24) is 24.9 Å². The molecule has 0 saturated carbocycles. The lowest BCUT2D eigenvalue weighted by molar-refractivity contribution is -0.131. The molecule has 1 amide bonds. The van der Waals surface area contributed by atoms with E-state index in [1.165, 1.54) is 11.1 Å². The van der Waals surface area contributed by atoms with E-state index in [2.05, 4.69) is 39.3 Å². The highest BCUT2D eigenvalue weighted by Gasteiger charge is 2.22. The molecule has 7 heteroatoms. The van der Waals surface area contributed by atoms with Crippen LogP contribution in [-0.2, 0) is 11.2 Å². The molecule has 0 radical (unpaired) electrons. The van der Waals surface area contributed by atoms with E-state index in [1.807, 2.05) is 53.8 Å². The van der Waals surface area contributed by atoms with Crippen LogP contribution in [0.15, 0.2) is 42.5 Å². The van der Waals surface area contributed by atoms with E-state index >= 15 is 0 Å². The molecule has 1 aliphatic rings. The van der Waals surface area contributed by atoms with Crippen LogP contribution in [0.1, 0.15) is 28.9 Å². The number of amides is 1. The number of piperazine rings is 1. The Morgan fingerprint density at radius 1 is 0.900 bits per heavy atom. The van der Waals surface area contributed by atoms with Crippen molar-refractivity contribution in [2.24, 2.45) is 0 Å². The van der Waals surface area contributed by atoms with Crippen LogP contribution >= 0.6 is 0 Å². The molecule has 2 aromatic heterocycles. The third-order valence-corrected chi connectivity index (χ3v) is 5.93. The van der Waals surface area contributed by atoms with E-state index in [1.54, 1.807) is 0 Å². The van der Waals surface area contributed by atoms with Crippen molar-refractivity contribution in [3.63, 3.8) is 0 Å². The molecule has 0 atom stereocenters. The summed E-state index contributed by atoms with van der Waals surface area (Å²) in [4.78, 5) is 16.7. The second-order valence-electron chi connectivity index (χ2n) is 7.81. The fourth-order valence-corrected chi connectivity index (χ4v) is 3.78. The van der Waals surface area contributed by atoms with Gasteiger partial charge in [-0.25, -0.2) is 4.68 Å². The molecule has 0 N–H and O–H groups in total. The van der Waals surface area contributed by atoms with E-state index in [4.69, 9.17) is 0 Å². The monoisotopic (exact) mass is 404 g/mol. The number of aromatic nitrogens is 4. The van der Waals surface area contributed by atoms with Gasteiger partial charge in [-0.05, 0) is 50.5 Å². The second-order valence-corrected chi connectivity index (χ2v) is 7.81. The molecule has 1 saturated heterocycles. The first-order valence-corrected chi connectivity index (χ1v) is 10.5. The van der Waals surface area contributed by atoms with E-state index in [0.717, 1.165) is 42.5 Å². The Labute approximate surface area is 177 Å². The summed E-state index contributed by atoms with van der Waals surface area (Å²) >= 11 is 0. The Bertz CT molecular complexity index is 1000. The van der Waals surface area contributed by atoms with Crippen molar-refractivity contribution in [1.29, 1.82) is 0 Å². The first kappa shape index (κ1) is 20.1. The Hall–Kier alpha value is -3.22. The number of nitrogens with zero attached hydrogens (tertiary/aromatic N) is 6. The second kappa shape index (κ2) is 8.65. The summed E-state index contributed by atoms with van der Waals surface area (Å²) in [6.45, 7) is 9.08. The SMILES string of the molecule is Cc1nn(-c2ccc(N3CCN(C(=O)CCc4ccccc4)CC3)nn2)c(C)c1C. The van der Waals surface area contributed by atoms with Crippen molar-refractivity contribution in [3.8, 4) is 5.82 Å². The van der Waals surface area contributed by atoms with Crippen LogP contribution in [0.5, 0.6) is 0 Å². The van der Waals surface area contributed by atoms with Crippen molar-refractivity contribution in [2.45, 2.75) is 33.6 Å². The van der Waals surface area contributed by atoms with Gasteiger partial charge in [-0.3, -0.25) is 4.79 Å². The Morgan fingerprint density at radius 2 is 1.57 bits per heavy atom. The predicted octanol–water partition coefficient (Wildman–Crippen LogP) is 2.87. The van der Waals surface area contributed by atoms with Gasteiger partial charge in [-0.15, -0.1) is 10.2 Å². The maximum Gasteiger partial charge on any atom is 0.223 e. The molecule has 7 nitrogen and oxygen atoms in total. The number of carbonyl (C=O) groups is 1. The third kappa shape index (κ3) is 4.20. The normalized spacial score (nSPS) is 14.2. The maximum absolute atomic E-state index is 12.5. The molecule has 30 heavy (non-hydrogen) atoms. The van der Waals surface area contributed by atoms with E-state index in [0.29, 0.717) is 19.5 Å². The Morgan fingerprint density at radius 3 is 2.17 bits per heavy atom. The lowest BCUT2D eigenvalue weighted by Gasteiger charge is -2.35. The highest BCUT2D eigenvalue weighted by atomic mass is 16.2. The minimum atomic E-state index is 0.222. The molecule has 0 bridgehead atoms. The van der Waals surface area contributed by atoms with Crippen LogP contribution in [0.4, 0.5) is 5.82 Å². The number of anilines is 1. The van der Waals surface area contributed by atoms with Gasteiger partial charge in [-0.1, -0.05) is 30.3 Å². The smallest absolute Gasteiger partial charge is 0.223 e. The number of hydrogen-bond acceptors (Lipinski definition) is 5. The zero-order valence-electron chi connectivity index (χ0n) is 17.9. The summed E-state index contributed by atoms with van der Waals surface area (Å²) in [6, 6.07) is 14.1. The molecule has 1 fully saturated rings. The minimum Gasteiger partial charge on any atom is -0.352 e. The average molecular weight is 405 g/mol. The van der Waals surface area contributed by atoms with Crippen LogP contribution in [-0.4, -0.2) is 57.0 Å². The van der Waals surface area contributed by atoms with Gasteiger partial charge >= 0.3 is 0 Å². The number of carbonyl (C=O) groups excluding carboxylic acids is 1. The van der Waals surface area contributed by atoms with Crippen molar-refractivity contribution in [2.75, 3.05) is 31.1 Å². The minimum absolute atomic E-state index is 0.222. The Balaban J connectivity index is 1.32.